The number of hydrogen-bond acceptors (Lipinski definition) is 4. The van der Waals surface area contributed by atoms with E-state index in [0.717, 1.165) is 11.0 Å². The van der Waals surface area contributed by atoms with Crippen molar-refractivity contribution < 1.29 is 14.3 Å². The molecule has 0 bridgehead atoms. The van der Waals surface area contributed by atoms with E-state index in [1.54, 1.807) is 13.8 Å². The average molecular weight is 312 g/mol. The Labute approximate surface area is 132 Å². The maximum atomic E-state index is 12.4. The molecule has 118 valence electrons. The summed E-state index contributed by atoms with van der Waals surface area (Å²) in [4.78, 5) is 34.5. The fourth-order valence-electron chi connectivity index (χ4n) is 2.57. The largest absolute Gasteiger partial charge is 0.465 e. The minimum absolute atomic E-state index is 0.309. The molecular weight excluding hydrogens is 296 g/mol. The van der Waals surface area contributed by atoms with Crippen LogP contribution in [0.15, 0.2) is 24.3 Å². The molecular formula is C16H16N4O3. The van der Waals surface area contributed by atoms with Gasteiger partial charge in [0.2, 0.25) is 5.95 Å². The predicted octanol–water partition coefficient (Wildman–Crippen LogP) is 2.55. The summed E-state index contributed by atoms with van der Waals surface area (Å²) in [6.45, 7) is 3.42. The van der Waals surface area contributed by atoms with Crippen molar-refractivity contribution >= 4 is 28.9 Å². The van der Waals surface area contributed by atoms with Gasteiger partial charge in [0, 0.05) is 5.69 Å². The van der Waals surface area contributed by atoms with Crippen LogP contribution < -0.4 is 5.32 Å². The molecule has 3 aromatic rings. The van der Waals surface area contributed by atoms with Crippen LogP contribution in [0.2, 0.25) is 0 Å². The van der Waals surface area contributed by atoms with Gasteiger partial charge in [-0.1, -0.05) is 12.1 Å². The van der Waals surface area contributed by atoms with Crippen molar-refractivity contribution in [2.75, 3.05) is 12.4 Å². The average Bonchev–Trinajstić information content (AvgIpc) is 3.06. The normalized spacial score (nSPS) is 10.7. The number of fused-ring (bicyclic) bond motifs is 1. The highest BCUT2D eigenvalue weighted by Crippen LogP contribution is 2.20. The van der Waals surface area contributed by atoms with Crippen LogP contribution in [-0.2, 0) is 4.74 Å². The Bertz CT molecular complexity index is 874. The Morgan fingerprint density at radius 1 is 1.17 bits per heavy atom. The Kier molecular flexibility index (Phi) is 3.61. The summed E-state index contributed by atoms with van der Waals surface area (Å²) in [7, 11) is 1.31. The minimum Gasteiger partial charge on any atom is -0.465 e. The van der Waals surface area contributed by atoms with E-state index >= 15 is 0 Å². The highest BCUT2D eigenvalue weighted by molar-refractivity contribution is 6.06. The molecule has 2 heterocycles. The zero-order chi connectivity index (χ0) is 16.6. The summed E-state index contributed by atoms with van der Waals surface area (Å²) in [5.41, 5.74) is 3.41. The fraction of sp³-hybridized carbons (Fsp3) is 0.188. The van der Waals surface area contributed by atoms with Gasteiger partial charge in [-0.3, -0.25) is 10.1 Å². The van der Waals surface area contributed by atoms with Gasteiger partial charge in [0.1, 0.15) is 5.69 Å². The SMILES string of the molecule is COC(=O)c1c(C)[nH]c(C(=O)Nc2nc3ccccc3[nH]2)c1C. The molecule has 0 aliphatic rings. The van der Waals surface area contributed by atoms with Crippen LogP contribution >= 0.6 is 0 Å². The molecule has 3 N–H and O–H groups in total. The lowest BCUT2D eigenvalue weighted by molar-refractivity contribution is 0.0599. The lowest BCUT2D eigenvalue weighted by Gasteiger charge is -2.02. The second-order valence-electron chi connectivity index (χ2n) is 5.17. The predicted molar refractivity (Wildman–Crippen MR) is 85.7 cm³/mol. The number of aromatic nitrogens is 3. The summed E-state index contributed by atoms with van der Waals surface area (Å²) < 4.78 is 4.74. The number of aryl methyl sites for hydroxylation is 1. The third kappa shape index (κ3) is 2.57. The number of nitrogens with zero attached hydrogens (tertiary/aromatic N) is 1. The Morgan fingerprint density at radius 2 is 1.91 bits per heavy atom. The number of methoxy groups -OCH3 is 1. The van der Waals surface area contributed by atoms with E-state index in [0.29, 0.717) is 28.5 Å². The molecule has 0 fully saturated rings. The third-order valence-corrected chi connectivity index (χ3v) is 3.68. The Morgan fingerprint density at radius 3 is 2.61 bits per heavy atom. The van der Waals surface area contributed by atoms with Crippen LogP contribution in [0.25, 0.3) is 11.0 Å². The van der Waals surface area contributed by atoms with Crippen LogP contribution in [0.1, 0.15) is 32.1 Å². The number of aromatic amines is 2. The molecule has 0 atom stereocenters. The van der Waals surface area contributed by atoms with E-state index in [1.165, 1.54) is 7.11 Å². The van der Waals surface area contributed by atoms with Crippen molar-refractivity contribution in [3.63, 3.8) is 0 Å². The van der Waals surface area contributed by atoms with E-state index in [2.05, 4.69) is 20.3 Å². The molecule has 1 amide bonds. The second-order valence-corrected chi connectivity index (χ2v) is 5.17. The van der Waals surface area contributed by atoms with Gasteiger partial charge in [-0.05, 0) is 31.5 Å². The van der Waals surface area contributed by atoms with Crippen molar-refractivity contribution in [2.45, 2.75) is 13.8 Å². The maximum Gasteiger partial charge on any atom is 0.339 e. The number of rotatable bonds is 3. The first kappa shape index (κ1) is 14.8. The summed E-state index contributed by atoms with van der Waals surface area (Å²) in [5, 5.41) is 2.70. The lowest BCUT2D eigenvalue weighted by Crippen LogP contribution is -2.15. The van der Waals surface area contributed by atoms with Crippen molar-refractivity contribution in [1.29, 1.82) is 0 Å². The molecule has 7 nitrogen and oxygen atoms in total. The number of benzene rings is 1. The van der Waals surface area contributed by atoms with Crippen molar-refractivity contribution in [1.82, 2.24) is 15.0 Å². The number of amides is 1. The van der Waals surface area contributed by atoms with Crippen LogP contribution in [-0.4, -0.2) is 33.9 Å². The first-order valence-electron chi connectivity index (χ1n) is 7.05. The van der Waals surface area contributed by atoms with Gasteiger partial charge in [0.15, 0.2) is 0 Å². The van der Waals surface area contributed by atoms with E-state index in [4.69, 9.17) is 4.74 Å². The molecule has 7 heteroatoms. The molecule has 23 heavy (non-hydrogen) atoms. The molecule has 1 aromatic carbocycles. The molecule has 0 saturated heterocycles. The van der Waals surface area contributed by atoms with Crippen LogP contribution in [0.5, 0.6) is 0 Å². The van der Waals surface area contributed by atoms with E-state index < -0.39 is 5.97 Å². The monoisotopic (exact) mass is 312 g/mol. The molecule has 0 aliphatic carbocycles. The van der Waals surface area contributed by atoms with Crippen molar-refractivity contribution in [2.24, 2.45) is 0 Å². The van der Waals surface area contributed by atoms with Gasteiger partial charge in [0.25, 0.3) is 5.91 Å². The molecule has 0 radical (unpaired) electrons. The van der Waals surface area contributed by atoms with Gasteiger partial charge in [-0.2, -0.15) is 0 Å². The third-order valence-electron chi connectivity index (χ3n) is 3.68. The van der Waals surface area contributed by atoms with Crippen LogP contribution in [0.4, 0.5) is 5.95 Å². The zero-order valence-corrected chi connectivity index (χ0v) is 13.0. The highest BCUT2D eigenvalue weighted by Gasteiger charge is 2.23. The Hall–Kier alpha value is -3.09. The number of imidazole rings is 1. The molecule has 3 rings (SSSR count). The summed E-state index contributed by atoms with van der Waals surface area (Å²) >= 11 is 0. The standard InChI is InChI=1S/C16H16N4O3/c1-8-12(15(22)23-3)9(2)17-13(8)14(21)20-16-18-10-6-4-5-7-11(10)19-16/h4-7,17H,1-3H3,(H2,18,19,20,21). The van der Waals surface area contributed by atoms with Gasteiger partial charge in [0.05, 0.1) is 23.7 Å². The molecule has 0 saturated carbocycles. The molecule has 0 unspecified atom stereocenters. The number of hydrogen-bond donors (Lipinski definition) is 3. The molecule has 0 spiro atoms. The highest BCUT2D eigenvalue weighted by atomic mass is 16.5. The van der Waals surface area contributed by atoms with Crippen LogP contribution in [0.3, 0.4) is 0 Å². The van der Waals surface area contributed by atoms with Crippen molar-refractivity contribution in [3.8, 4) is 0 Å². The zero-order valence-electron chi connectivity index (χ0n) is 13.0. The quantitative estimate of drug-likeness (QED) is 0.647. The van der Waals surface area contributed by atoms with E-state index in [-0.39, 0.29) is 5.91 Å². The number of ether oxygens (including phenoxy) is 1. The first-order chi connectivity index (χ1) is 11.0. The van der Waals surface area contributed by atoms with E-state index in [9.17, 15) is 9.59 Å². The summed E-state index contributed by atoms with van der Waals surface area (Å²) in [5.74, 6) is -0.499. The first-order valence-corrected chi connectivity index (χ1v) is 7.05. The number of esters is 1. The maximum absolute atomic E-state index is 12.4. The van der Waals surface area contributed by atoms with Crippen molar-refractivity contribution in [3.05, 3.63) is 46.8 Å². The molecule has 0 aliphatic heterocycles. The second kappa shape index (κ2) is 5.60. The number of H-pyrrole nitrogens is 2. The van der Waals surface area contributed by atoms with E-state index in [1.807, 2.05) is 24.3 Å². The topological polar surface area (TPSA) is 99.9 Å². The number of carbonyl (C=O) groups is 2. The Balaban J connectivity index is 1.90. The number of anilines is 1. The summed E-state index contributed by atoms with van der Waals surface area (Å²) in [6, 6.07) is 7.47. The lowest BCUT2D eigenvalue weighted by atomic mass is 10.1. The molecule has 2 aromatic heterocycles. The van der Waals surface area contributed by atoms with Crippen LogP contribution in [0, 0.1) is 13.8 Å². The smallest absolute Gasteiger partial charge is 0.339 e. The summed E-state index contributed by atoms with van der Waals surface area (Å²) in [6.07, 6.45) is 0. The van der Waals surface area contributed by atoms with Gasteiger partial charge < -0.3 is 14.7 Å². The van der Waals surface area contributed by atoms with Gasteiger partial charge in [-0.25, -0.2) is 9.78 Å². The number of para-hydroxylation sites is 2. The van der Waals surface area contributed by atoms with Gasteiger partial charge in [-0.15, -0.1) is 0 Å². The van der Waals surface area contributed by atoms with Gasteiger partial charge >= 0.3 is 5.97 Å². The number of carbonyl (C=O) groups excluding carboxylic acids is 2. The minimum atomic E-state index is -0.473. The fourth-order valence-corrected chi connectivity index (χ4v) is 2.57. The number of nitrogens with one attached hydrogen (secondary N) is 3.